The standard InChI is InChI=1S/C20H31N5O/c1-14(2)13-24(4)16-6-7-17-18(12-16)25(5)22-19(17)20(26)21-15-8-10-23(3)11-9-15/h6-7,12,14-15H,8-11,13H2,1-5H3,(H,21,26). The summed E-state index contributed by atoms with van der Waals surface area (Å²) in [4.78, 5) is 17.3. The monoisotopic (exact) mass is 357 g/mol. The summed E-state index contributed by atoms with van der Waals surface area (Å²) in [7, 11) is 6.13. The number of rotatable bonds is 5. The van der Waals surface area contributed by atoms with E-state index in [9.17, 15) is 4.79 Å². The Morgan fingerprint density at radius 2 is 2.00 bits per heavy atom. The second-order valence-electron chi connectivity index (χ2n) is 8.00. The van der Waals surface area contributed by atoms with Crippen LogP contribution in [0.15, 0.2) is 18.2 Å². The smallest absolute Gasteiger partial charge is 0.272 e. The molecule has 0 unspecified atom stereocenters. The van der Waals surface area contributed by atoms with Crippen molar-refractivity contribution in [2.45, 2.75) is 32.7 Å². The van der Waals surface area contributed by atoms with Gasteiger partial charge in [0.1, 0.15) is 0 Å². The summed E-state index contributed by atoms with van der Waals surface area (Å²) in [6.45, 7) is 7.47. The van der Waals surface area contributed by atoms with Crippen LogP contribution in [0, 0.1) is 5.92 Å². The number of carbonyl (C=O) groups excluding carboxylic acids is 1. The topological polar surface area (TPSA) is 53.4 Å². The summed E-state index contributed by atoms with van der Waals surface area (Å²) in [6, 6.07) is 6.47. The van der Waals surface area contributed by atoms with Crippen molar-refractivity contribution >= 4 is 22.5 Å². The molecule has 1 amide bonds. The minimum Gasteiger partial charge on any atom is -0.374 e. The molecule has 2 aromatic rings. The van der Waals surface area contributed by atoms with Gasteiger partial charge in [-0.2, -0.15) is 5.10 Å². The molecule has 1 aliphatic heterocycles. The summed E-state index contributed by atoms with van der Waals surface area (Å²) in [5, 5.41) is 8.60. The molecular weight excluding hydrogens is 326 g/mol. The Morgan fingerprint density at radius 1 is 1.31 bits per heavy atom. The molecule has 1 aromatic heterocycles. The highest BCUT2D eigenvalue weighted by molar-refractivity contribution is 6.05. The number of hydrogen-bond acceptors (Lipinski definition) is 4. The molecule has 6 heteroatoms. The Bertz CT molecular complexity index is 774. The number of amides is 1. The molecule has 0 atom stereocenters. The summed E-state index contributed by atoms with van der Waals surface area (Å²) >= 11 is 0. The van der Waals surface area contributed by atoms with Gasteiger partial charge in [0.2, 0.25) is 0 Å². The van der Waals surface area contributed by atoms with Gasteiger partial charge in [-0.1, -0.05) is 13.8 Å². The zero-order valence-corrected chi connectivity index (χ0v) is 16.6. The number of fused-ring (bicyclic) bond motifs is 1. The highest BCUT2D eigenvalue weighted by Crippen LogP contribution is 2.25. The van der Waals surface area contributed by atoms with E-state index >= 15 is 0 Å². The highest BCUT2D eigenvalue weighted by Gasteiger charge is 2.22. The lowest BCUT2D eigenvalue weighted by molar-refractivity contribution is 0.0912. The molecule has 0 bridgehead atoms. The number of benzene rings is 1. The van der Waals surface area contributed by atoms with E-state index in [-0.39, 0.29) is 11.9 Å². The van der Waals surface area contributed by atoms with Gasteiger partial charge < -0.3 is 15.1 Å². The minimum atomic E-state index is -0.0616. The van der Waals surface area contributed by atoms with Crippen molar-refractivity contribution in [2.24, 2.45) is 13.0 Å². The maximum absolute atomic E-state index is 12.8. The van der Waals surface area contributed by atoms with Gasteiger partial charge >= 0.3 is 0 Å². The van der Waals surface area contributed by atoms with Gasteiger partial charge in [0.05, 0.1) is 5.52 Å². The van der Waals surface area contributed by atoms with Gasteiger partial charge in [-0.15, -0.1) is 0 Å². The van der Waals surface area contributed by atoms with Crippen LogP contribution < -0.4 is 10.2 Å². The zero-order valence-electron chi connectivity index (χ0n) is 16.6. The van der Waals surface area contributed by atoms with Gasteiger partial charge in [0, 0.05) is 37.8 Å². The van der Waals surface area contributed by atoms with E-state index in [2.05, 4.69) is 60.3 Å². The third-order valence-electron chi connectivity index (χ3n) is 5.18. The molecule has 0 radical (unpaired) electrons. The first-order valence-corrected chi connectivity index (χ1v) is 9.52. The highest BCUT2D eigenvalue weighted by atomic mass is 16.2. The first kappa shape index (κ1) is 18.7. The second-order valence-corrected chi connectivity index (χ2v) is 8.00. The molecule has 1 fully saturated rings. The SMILES string of the molecule is CC(C)CN(C)c1ccc2c(C(=O)NC3CCN(C)CC3)nn(C)c2c1. The van der Waals surface area contributed by atoms with E-state index in [1.54, 1.807) is 0 Å². The molecule has 1 saturated heterocycles. The van der Waals surface area contributed by atoms with Crippen LogP contribution in [0.2, 0.25) is 0 Å². The number of aryl methyl sites for hydroxylation is 1. The maximum Gasteiger partial charge on any atom is 0.272 e. The fourth-order valence-electron chi connectivity index (χ4n) is 3.71. The summed E-state index contributed by atoms with van der Waals surface area (Å²) < 4.78 is 1.81. The van der Waals surface area contributed by atoms with Crippen LogP contribution in [0.3, 0.4) is 0 Å². The molecule has 1 aliphatic rings. The van der Waals surface area contributed by atoms with Crippen molar-refractivity contribution in [2.75, 3.05) is 38.6 Å². The molecule has 1 aromatic carbocycles. The van der Waals surface area contributed by atoms with Crippen molar-refractivity contribution in [1.29, 1.82) is 0 Å². The molecule has 3 rings (SSSR count). The van der Waals surface area contributed by atoms with E-state index in [0.717, 1.165) is 49.1 Å². The number of likely N-dealkylation sites (tertiary alicyclic amines) is 1. The number of aromatic nitrogens is 2. The average Bonchev–Trinajstić information content (AvgIpc) is 2.93. The number of piperidine rings is 1. The molecule has 26 heavy (non-hydrogen) atoms. The average molecular weight is 358 g/mol. The Kier molecular flexibility index (Phi) is 5.51. The van der Waals surface area contributed by atoms with Crippen LogP contribution >= 0.6 is 0 Å². The molecule has 6 nitrogen and oxygen atoms in total. The van der Waals surface area contributed by atoms with Gasteiger partial charge in [-0.3, -0.25) is 9.48 Å². The number of nitrogens with zero attached hydrogens (tertiary/aromatic N) is 4. The third kappa shape index (κ3) is 4.01. The van der Waals surface area contributed by atoms with Crippen molar-refractivity contribution < 1.29 is 4.79 Å². The lowest BCUT2D eigenvalue weighted by Crippen LogP contribution is -2.43. The Hall–Kier alpha value is -2.08. The fraction of sp³-hybridized carbons (Fsp3) is 0.600. The molecule has 0 spiro atoms. The number of anilines is 1. The van der Waals surface area contributed by atoms with Crippen molar-refractivity contribution in [3.63, 3.8) is 0 Å². The third-order valence-corrected chi connectivity index (χ3v) is 5.18. The number of hydrogen-bond donors (Lipinski definition) is 1. The molecule has 1 N–H and O–H groups in total. The predicted octanol–water partition coefficient (Wildman–Crippen LogP) is 2.49. The normalized spacial score (nSPS) is 16.4. The quantitative estimate of drug-likeness (QED) is 0.893. The Labute approximate surface area is 156 Å². The largest absolute Gasteiger partial charge is 0.374 e. The van der Waals surface area contributed by atoms with E-state index in [4.69, 9.17) is 0 Å². The predicted molar refractivity (Wildman–Crippen MR) is 107 cm³/mol. The lowest BCUT2D eigenvalue weighted by Gasteiger charge is -2.29. The van der Waals surface area contributed by atoms with Gasteiger partial charge in [0.25, 0.3) is 5.91 Å². The lowest BCUT2D eigenvalue weighted by atomic mass is 10.1. The van der Waals surface area contributed by atoms with Crippen molar-refractivity contribution in [3.05, 3.63) is 23.9 Å². The van der Waals surface area contributed by atoms with Crippen LogP contribution in [-0.4, -0.2) is 60.4 Å². The van der Waals surface area contributed by atoms with E-state index in [1.807, 2.05) is 17.8 Å². The molecule has 0 saturated carbocycles. The number of nitrogens with one attached hydrogen (secondary N) is 1. The van der Waals surface area contributed by atoms with Crippen LogP contribution in [0.1, 0.15) is 37.2 Å². The van der Waals surface area contributed by atoms with Gasteiger partial charge in [-0.25, -0.2) is 0 Å². The fourth-order valence-corrected chi connectivity index (χ4v) is 3.71. The van der Waals surface area contributed by atoms with E-state index in [0.29, 0.717) is 11.6 Å². The van der Waals surface area contributed by atoms with E-state index < -0.39 is 0 Å². The number of carbonyl (C=O) groups is 1. The van der Waals surface area contributed by atoms with Gasteiger partial charge in [0.15, 0.2) is 5.69 Å². The summed E-state index contributed by atoms with van der Waals surface area (Å²) in [5.74, 6) is 0.534. The zero-order chi connectivity index (χ0) is 18.8. The second kappa shape index (κ2) is 7.66. The maximum atomic E-state index is 12.8. The van der Waals surface area contributed by atoms with Crippen LogP contribution in [-0.2, 0) is 7.05 Å². The van der Waals surface area contributed by atoms with Crippen molar-refractivity contribution in [3.8, 4) is 0 Å². The summed E-state index contributed by atoms with van der Waals surface area (Å²) in [6.07, 6.45) is 1.99. The summed E-state index contributed by atoms with van der Waals surface area (Å²) in [5.41, 5.74) is 2.67. The first-order valence-electron chi connectivity index (χ1n) is 9.52. The van der Waals surface area contributed by atoms with E-state index in [1.165, 1.54) is 0 Å². The first-order chi connectivity index (χ1) is 12.3. The van der Waals surface area contributed by atoms with Crippen LogP contribution in [0.25, 0.3) is 10.9 Å². The van der Waals surface area contributed by atoms with Crippen molar-refractivity contribution in [1.82, 2.24) is 20.0 Å². The van der Waals surface area contributed by atoms with Crippen LogP contribution in [0.5, 0.6) is 0 Å². The Morgan fingerprint density at radius 3 is 2.65 bits per heavy atom. The molecule has 0 aliphatic carbocycles. The van der Waals surface area contributed by atoms with Gasteiger partial charge in [-0.05, 0) is 57.1 Å². The molecular formula is C20H31N5O. The molecule has 2 heterocycles. The Balaban J connectivity index is 1.80. The van der Waals surface area contributed by atoms with Crippen LogP contribution in [0.4, 0.5) is 5.69 Å². The minimum absolute atomic E-state index is 0.0616. The molecule has 142 valence electrons.